The Kier molecular flexibility index (Phi) is 3.85. The van der Waals surface area contributed by atoms with Gasteiger partial charge in [0.1, 0.15) is 5.69 Å². The Hall–Kier alpha value is -2.34. The number of nitrogens with one attached hydrogen (secondary N) is 2. The van der Waals surface area contributed by atoms with E-state index in [0.29, 0.717) is 12.2 Å². The fraction of sp³-hybridized carbons (Fsp3) is 0.375. The summed E-state index contributed by atoms with van der Waals surface area (Å²) in [4.78, 5) is 26.5. The van der Waals surface area contributed by atoms with Gasteiger partial charge in [0.25, 0.3) is 11.5 Å². The number of carbonyl (C=O) groups is 1. The maximum Gasteiger partial charge on any atom is 0.272 e. The van der Waals surface area contributed by atoms with E-state index in [-0.39, 0.29) is 17.5 Å². The van der Waals surface area contributed by atoms with Gasteiger partial charge in [-0.05, 0) is 26.0 Å². The summed E-state index contributed by atoms with van der Waals surface area (Å²) < 4.78 is 1.40. The molecule has 1 aromatic carbocycles. The highest BCUT2D eigenvalue weighted by molar-refractivity contribution is 5.92. The Morgan fingerprint density at radius 2 is 2.00 bits per heavy atom. The van der Waals surface area contributed by atoms with E-state index in [1.165, 1.54) is 10.7 Å². The average Bonchev–Trinajstić information content (AvgIpc) is 2.90. The summed E-state index contributed by atoms with van der Waals surface area (Å²) in [5, 5.41) is 6.17. The number of amides is 1. The topological polar surface area (TPSA) is 70.1 Å². The van der Waals surface area contributed by atoms with Gasteiger partial charge in [-0.3, -0.25) is 14.7 Å². The predicted octanol–water partition coefficient (Wildman–Crippen LogP) is 0.908. The Morgan fingerprint density at radius 1 is 1.27 bits per heavy atom. The third-order valence-corrected chi connectivity index (χ3v) is 4.01. The van der Waals surface area contributed by atoms with E-state index in [1.807, 2.05) is 38.1 Å². The van der Waals surface area contributed by atoms with Crippen molar-refractivity contribution < 1.29 is 4.79 Å². The van der Waals surface area contributed by atoms with Crippen LogP contribution in [0.3, 0.4) is 0 Å². The number of benzene rings is 1. The predicted molar refractivity (Wildman–Crippen MR) is 84.5 cm³/mol. The van der Waals surface area contributed by atoms with Crippen molar-refractivity contribution in [2.45, 2.75) is 19.9 Å². The fourth-order valence-corrected chi connectivity index (χ4v) is 2.69. The van der Waals surface area contributed by atoms with Crippen molar-refractivity contribution in [1.82, 2.24) is 20.0 Å². The van der Waals surface area contributed by atoms with E-state index in [9.17, 15) is 9.59 Å². The molecule has 0 spiro atoms. The van der Waals surface area contributed by atoms with Crippen LogP contribution < -0.4 is 10.9 Å². The normalized spacial score (nSPS) is 18.5. The Morgan fingerprint density at radius 3 is 2.68 bits per heavy atom. The zero-order valence-corrected chi connectivity index (χ0v) is 12.8. The van der Waals surface area contributed by atoms with Gasteiger partial charge in [0, 0.05) is 31.7 Å². The van der Waals surface area contributed by atoms with Crippen LogP contribution >= 0.6 is 0 Å². The van der Waals surface area contributed by atoms with Crippen molar-refractivity contribution in [3.05, 3.63) is 51.9 Å². The van der Waals surface area contributed by atoms with Crippen LogP contribution in [0.5, 0.6) is 0 Å². The SMILES string of the molecule is Cc1ccc(-n2[nH]c(C(=O)N3CCNCC3C)cc2=O)cc1. The number of H-pyrrole nitrogens is 1. The number of hydrogen-bond donors (Lipinski definition) is 2. The number of piperazine rings is 1. The molecule has 2 aromatic rings. The van der Waals surface area contributed by atoms with Crippen molar-refractivity contribution in [3.8, 4) is 5.69 Å². The summed E-state index contributed by atoms with van der Waals surface area (Å²) in [5.74, 6) is -0.128. The highest BCUT2D eigenvalue weighted by atomic mass is 16.2. The van der Waals surface area contributed by atoms with Gasteiger partial charge in [-0.25, -0.2) is 4.68 Å². The van der Waals surface area contributed by atoms with Gasteiger partial charge in [-0.2, -0.15) is 0 Å². The molecule has 1 aliphatic heterocycles. The standard InChI is InChI=1S/C16H20N4O2/c1-11-3-5-13(6-4-11)20-15(21)9-14(18-20)16(22)19-8-7-17-10-12(19)2/h3-6,9,12,17-18H,7-8,10H2,1-2H3. The molecular weight excluding hydrogens is 280 g/mol. The molecule has 1 aliphatic rings. The summed E-state index contributed by atoms with van der Waals surface area (Å²) in [6, 6.07) is 9.07. The van der Waals surface area contributed by atoms with E-state index in [0.717, 1.165) is 24.3 Å². The molecule has 3 rings (SSSR count). The van der Waals surface area contributed by atoms with E-state index < -0.39 is 0 Å². The summed E-state index contributed by atoms with van der Waals surface area (Å²) in [6.45, 7) is 6.19. The van der Waals surface area contributed by atoms with Crippen LogP contribution in [-0.2, 0) is 0 Å². The molecule has 1 unspecified atom stereocenters. The maximum absolute atomic E-state index is 12.6. The Labute approximate surface area is 128 Å². The molecule has 1 fully saturated rings. The maximum atomic E-state index is 12.6. The zero-order chi connectivity index (χ0) is 15.7. The summed E-state index contributed by atoms with van der Waals surface area (Å²) in [5.41, 5.74) is 1.95. The summed E-state index contributed by atoms with van der Waals surface area (Å²) >= 11 is 0. The number of aromatic amines is 1. The Bertz CT molecular complexity index is 729. The molecule has 0 radical (unpaired) electrons. The van der Waals surface area contributed by atoms with Crippen LogP contribution in [0.4, 0.5) is 0 Å². The third-order valence-electron chi connectivity index (χ3n) is 4.01. The molecule has 1 amide bonds. The van der Waals surface area contributed by atoms with Gasteiger partial charge in [0.15, 0.2) is 0 Å². The minimum Gasteiger partial charge on any atom is -0.332 e. The quantitative estimate of drug-likeness (QED) is 0.866. The van der Waals surface area contributed by atoms with Crippen molar-refractivity contribution >= 4 is 5.91 Å². The first kappa shape index (κ1) is 14.6. The van der Waals surface area contributed by atoms with Crippen LogP contribution in [-0.4, -0.2) is 46.3 Å². The number of aryl methyl sites for hydroxylation is 1. The van der Waals surface area contributed by atoms with E-state index >= 15 is 0 Å². The van der Waals surface area contributed by atoms with Gasteiger partial charge in [0.2, 0.25) is 0 Å². The van der Waals surface area contributed by atoms with E-state index in [1.54, 1.807) is 4.90 Å². The van der Waals surface area contributed by atoms with Crippen LogP contribution in [0.25, 0.3) is 5.69 Å². The number of carbonyl (C=O) groups excluding carboxylic acids is 1. The van der Waals surface area contributed by atoms with Gasteiger partial charge >= 0.3 is 0 Å². The fourth-order valence-electron chi connectivity index (χ4n) is 2.69. The lowest BCUT2D eigenvalue weighted by Crippen LogP contribution is -2.52. The number of nitrogens with zero attached hydrogens (tertiary/aromatic N) is 2. The lowest BCUT2D eigenvalue weighted by molar-refractivity contribution is 0.0649. The molecule has 1 aromatic heterocycles. The van der Waals surface area contributed by atoms with Gasteiger partial charge in [-0.1, -0.05) is 17.7 Å². The number of aromatic nitrogens is 2. The minimum atomic E-state index is -0.227. The number of rotatable bonds is 2. The van der Waals surface area contributed by atoms with Gasteiger partial charge in [-0.15, -0.1) is 0 Å². The Balaban J connectivity index is 1.90. The molecule has 6 nitrogen and oxygen atoms in total. The van der Waals surface area contributed by atoms with Gasteiger partial charge < -0.3 is 10.2 Å². The molecule has 1 atom stereocenters. The van der Waals surface area contributed by atoms with Crippen molar-refractivity contribution in [2.75, 3.05) is 19.6 Å². The first-order valence-electron chi connectivity index (χ1n) is 7.47. The number of hydrogen-bond acceptors (Lipinski definition) is 3. The second-order valence-electron chi connectivity index (χ2n) is 5.73. The van der Waals surface area contributed by atoms with Crippen LogP contribution in [0.1, 0.15) is 23.0 Å². The second-order valence-corrected chi connectivity index (χ2v) is 5.73. The van der Waals surface area contributed by atoms with Crippen molar-refractivity contribution in [3.63, 3.8) is 0 Å². The zero-order valence-electron chi connectivity index (χ0n) is 12.8. The molecule has 6 heteroatoms. The first-order chi connectivity index (χ1) is 10.6. The molecule has 0 aliphatic carbocycles. The highest BCUT2D eigenvalue weighted by Crippen LogP contribution is 2.10. The lowest BCUT2D eigenvalue weighted by atomic mass is 10.2. The average molecular weight is 300 g/mol. The van der Waals surface area contributed by atoms with E-state index in [4.69, 9.17) is 0 Å². The highest BCUT2D eigenvalue weighted by Gasteiger charge is 2.25. The second kappa shape index (κ2) is 5.81. The molecular formula is C16H20N4O2. The summed E-state index contributed by atoms with van der Waals surface area (Å²) in [6.07, 6.45) is 0. The van der Waals surface area contributed by atoms with Crippen LogP contribution in [0.2, 0.25) is 0 Å². The molecule has 22 heavy (non-hydrogen) atoms. The molecule has 116 valence electrons. The van der Waals surface area contributed by atoms with Crippen molar-refractivity contribution in [1.29, 1.82) is 0 Å². The molecule has 0 saturated carbocycles. The largest absolute Gasteiger partial charge is 0.332 e. The van der Waals surface area contributed by atoms with Crippen molar-refractivity contribution in [2.24, 2.45) is 0 Å². The molecule has 0 bridgehead atoms. The minimum absolute atomic E-state index is 0.118. The first-order valence-corrected chi connectivity index (χ1v) is 7.47. The van der Waals surface area contributed by atoms with E-state index in [2.05, 4.69) is 10.4 Å². The molecule has 2 heterocycles. The smallest absolute Gasteiger partial charge is 0.272 e. The monoisotopic (exact) mass is 300 g/mol. The third kappa shape index (κ3) is 2.69. The van der Waals surface area contributed by atoms with Crippen LogP contribution in [0.15, 0.2) is 35.1 Å². The summed E-state index contributed by atoms with van der Waals surface area (Å²) in [7, 11) is 0. The van der Waals surface area contributed by atoms with Crippen LogP contribution in [0, 0.1) is 6.92 Å². The lowest BCUT2D eigenvalue weighted by Gasteiger charge is -2.33. The molecule has 2 N–H and O–H groups in total. The molecule has 1 saturated heterocycles. The van der Waals surface area contributed by atoms with Gasteiger partial charge in [0.05, 0.1) is 5.69 Å².